The van der Waals surface area contributed by atoms with E-state index in [1.165, 1.54) is 35.1 Å². The van der Waals surface area contributed by atoms with Crippen LogP contribution in [-0.4, -0.2) is 6.41 Å². The molecule has 1 N–H and O–H groups in total. The lowest BCUT2D eigenvalue weighted by Crippen LogP contribution is -2.23. The Hall–Kier alpha value is -2.60. The Balaban J connectivity index is 0.000000146. The molecule has 0 aromatic heterocycles. The molecule has 128 valence electrons. The molecule has 2 atom stereocenters. The molecule has 25 heavy (non-hydrogen) atoms. The summed E-state index contributed by atoms with van der Waals surface area (Å²) >= 11 is 0. The molecule has 1 amide bonds. The molecule has 2 aromatic rings. The van der Waals surface area contributed by atoms with Crippen LogP contribution in [0.25, 0.3) is 4.85 Å². The van der Waals surface area contributed by atoms with E-state index >= 15 is 0 Å². The second-order valence-corrected chi connectivity index (χ2v) is 6.66. The highest BCUT2D eigenvalue weighted by molar-refractivity contribution is 5.49. The molecule has 2 aromatic carbocycles. The van der Waals surface area contributed by atoms with Gasteiger partial charge in [-0.05, 0) is 48.8 Å². The zero-order valence-corrected chi connectivity index (χ0v) is 14.4. The van der Waals surface area contributed by atoms with Crippen LogP contribution in [-0.2, 0) is 17.6 Å². The molecule has 0 saturated carbocycles. The number of fused-ring (bicyclic) bond motifs is 2. The highest BCUT2D eigenvalue weighted by atomic mass is 16.1. The van der Waals surface area contributed by atoms with Crippen LogP contribution in [0.15, 0.2) is 48.5 Å². The number of hydrogen-bond acceptors (Lipinski definition) is 1. The van der Waals surface area contributed by atoms with Gasteiger partial charge in [0, 0.05) is 12.0 Å². The topological polar surface area (TPSA) is 33.5 Å². The summed E-state index contributed by atoms with van der Waals surface area (Å²) < 4.78 is 0. The predicted molar refractivity (Wildman–Crippen MR) is 100 cm³/mol. The molecule has 0 aliphatic heterocycles. The van der Waals surface area contributed by atoms with Crippen LogP contribution >= 0.6 is 0 Å². The number of amides is 1. The number of nitrogens with one attached hydrogen (secondary N) is 1. The third-order valence-electron chi connectivity index (χ3n) is 5.13. The van der Waals surface area contributed by atoms with E-state index in [-0.39, 0.29) is 12.1 Å². The average molecular weight is 332 g/mol. The van der Waals surface area contributed by atoms with E-state index < -0.39 is 0 Å². The third-order valence-corrected chi connectivity index (χ3v) is 5.13. The van der Waals surface area contributed by atoms with E-state index in [0.717, 1.165) is 32.1 Å². The molecule has 0 heterocycles. The number of rotatable bonds is 2. The van der Waals surface area contributed by atoms with Gasteiger partial charge < -0.3 is 10.2 Å². The van der Waals surface area contributed by atoms with Crippen LogP contribution in [0.1, 0.15) is 60.0 Å². The Morgan fingerprint density at radius 2 is 1.52 bits per heavy atom. The first-order chi connectivity index (χ1) is 12.3. The molecule has 0 saturated heterocycles. The molecule has 0 unspecified atom stereocenters. The van der Waals surface area contributed by atoms with Crippen LogP contribution < -0.4 is 5.32 Å². The summed E-state index contributed by atoms with van der Waals surface area (Å²) in [4.78, 5) is 14.0. The zero-order chi connectivity index (χ0) is 17.5. The van der Waals surface area contributed by atoms with Crippen molar-refractivity contribution in [3.63, 3.8) is 0 Å². The van der Waals surface area contributed by atoms with Crippen LogP contribution in [0.4, 0.5) is 0 Å². The first kappa shape index (κ1) is 17.2. The number of aryl methyl sites for hydroxylation is 2. The first-order valence-electron chi connectivity index (χ1n) is 9.05. The monoisotopic (exact) mass is 332 g/mol. The number of hydrogen-bond donors (Lipinski definition) is 1. The maximum atomic E-state index is 10.4. The quantitative estimate of drug-likeness (QED) is 0.622. The molecule has 0 radical (unpaired) electrons. The van der Waals surface area contributed by atoms with Crippen molar-refractivity contribution in [3.8, 4) is 0 Å². The van der Waals surface area contributed by atoms with Gasteiger partial charge in [-0.3, -0.25) is 4.79 Å². The van der Waals surface area contributed by atoms with Gasteiger partial charge in [0.2, 0.25) is 12.5 Å². The van der Waals surface area contributed by atoms with Gasteiger partial charge in [-0.1, -0.05) is 48.5 Å². The van der Waals surface area contributed by atoms with Crippen molar-refractivity contribution in [3.05, 3.63) is 82.2 Å². The highest BCUT2D eigenvalue weighted by Gasteiger charge is 2.23. The van der Waals surface area contributed by atoms with E-state index in [9.17, 15) is 4.79 Å². The fourth-order valence-corrected chi connectivity index (χ4v) is 3.87. The van der Waals surface area contributed by atoms with Crippen LogP contribution in [0, 0.1) is 6.57 Å². The Morgan fingerprint density at radius 3 is 2.20 bits per heavy atom. The van der Waals surface area contributed by atoms with Crippen molar-refractivity contribution in [2.75, 3.05) is 0 Å². The van der Waals surface area contributed by atoms with Gasteiger partial charge in [0.25, 0.3) is 0 Å². The molecule has 3 heteroatoms. The van der Waals surface area contributed by atoms with E-state index in [2.05, 4.69) is 46.6 Å². The minimum absolute atomic E-state index is 0.134. The van der Waals surface area contributed by atoms with Crippen LogP contribution in [0.5, 0.6) is 0 Å². The van der Waals surface area contributed by atoms with Crippen LogP contribution in [0.3, 0.4) is 0 Å². The molecule has 3 nitrogen and oxygen atoms in total. The number of benzene rings is 2. The third kappa shape index (κ3) is 4.09. The zero-order valence-electron chi connectivity index (χ0n) is 14.4. The molecule has 0 fully saturated rings. The second kappa shape index (κ2) is 8.48. The number of nitrogens with zero attached hydrogens (tertiary/aromatic N) is 1. The van der Waals surface area contributed by atoms with Crippen molar-refractivity contribution in [2.45, 2.75) is 50.6 Å². The first-order valence-corrected chi connectivity index (χ1v) is 9.05. The van der Waals surface area contributed by atoms with Crippen molar-refractivity contribution in [1.82, 2.24) is 5.32 Å². The SMILES string of the molecule is O=CN[C@@H]1CCCc2ccccc21.[C-]#[N+][C@@H]1CCCc2ccccc21. The fourth-order valence-electron chi connectivity index (χ4n) is 3.87. The summed E-state index contributed by atoms with van der Waals surface area (Å²) in [5, 5.41) is 2.86. The van der Waals surface area contributed by atoms with Crippen molar-refractivity contribution >= 4 is 6.41 Å². The molecule has 4 rings (SSSR count). The van der Waals surface area contributed by atoms with Crippen molar-refractivity contribution in [1.29, 1.82) is 0 Å². The maximum Gasteiger partial charge on any atom is 0.249 e. The molecule has 0 bridgehead atoms. The van der Waals surface area contributed by atoms with Gasteiger partial charge >= 0.3 is 0 Å². The molecule has 2 aliphatic carbocycles. The summed E-state index contributed by atoms with van der Waals surface area (Å²) in [7, 11) is 0. The van der Waals surface area contributed by atoms with E-state index in [0.29, 0.717) is 0 Å². The standard InChI is InChI=1S/C11H13NO.C11H11N/c13-8-12-11-7-3-5-9-4-1-2-6-10(9)11;1-12-11-8-4-6-9-5-2-3-7-10(9)11/h1-2,4,6,8,11H,3,5,7H2,(H,12,13);2-3,5,7,11H,4,6,8H2/t2*11-/m11/s1. The van der Waals surface area contributed by atoms with E-state index in [4.69, 9.17) is 6.57 Å². The van der Waals surface area contributed by atoms with Crippen LogP contribution in [0.2, 0.25) is 0 Å². The number of carbonyl (C=O) groups excluding carboxylic acids is 1. The van der Waals surface area contributed by atoms with E-state index in [1.54, 1.807) is 0 Å². The number of carbonyl (C=O) groups is 1. The molecule has 2 aliphatic rings. The van der Waals surface area contributed by atoms with Crippen molar-refractivity contribution in [2.24, 2.45) is 0 Å². The molecular formula is C22H24N2O. The van der Waals surface area contributed by atoms with Gasteiger partial charge in [-0.2, -0.15) is 0 Å². The summed E-state index contributed by atoms with van der Waals surface area (Å²) in [6, 6.07) is 17.0. The Kier molecular flexibility index (Phi) is 5.85. The lowest BCUT2D eigenvalue weighted by atomic mass is 9.88. The highest BCUT2D eigenvalue weighted by Crippen LogP contribution is 2.32. The largest absolute Gasteiger partial charge is 0.352 e. The normalized spacial score (nSPS) is 20.8. The van der Waals surface area contributed by atoms with Gasteiger partial charge in [0.05, 0.1) is 6.04 Å². The average Bonchev–Trinajstić information content (AvgIpc) is 2.68. The Bertz CT molecular complexity index is 763. The predicted octanol–water partition coefficient (Wildman–Crippen LogP) is 4.79. The maximum absolute atomic E-state index is 10.4. The lowest BCUT2D eigenvalue weighted by Gasteiger charge is -2.24. The van der Waals surface area contributed by atoms with Gasteiger partial charge in [0.1, 0.15) is 0 Å². The molecular weight excluding hydrogens is 308 g/mol. The second-order valence-electron chi connectivity index (χ2n) is 6.66. The summed E-state index contributed by atoms with van der Waals surface area (Å²) in [5.74, 6) is 0. The Labute approximate surface area is 149 Å². The minimum Gasteiger partial charge on any atom is -0.352 e. The lowest BCUT2D eigenvalue weighted by molar-refractivity contribution is -0.110. The van der Waals surface area contributed by atoms with Crippen molar-refractivity contribution < 1.29 is 4.79 Å². The summed E-state index contributed by atoms with van der Waals surface area (Å²) in [6.45, 7) is 7.05. The van der Waals surface area contributed by atoms with E-state index in [1.807, 2.05) is 12.1 Å². The summed E-state index contributed by atoms with van der Waals surface area (Å²) in [6.07, 6.45) is 7.55. The minimum atomic E-state index is 0.134. The molecule has 0 spiro atoms. The van der Waals surface area contributed by atoms with Gasteiger partial charge in [-0.25, -0.2) is 6.57 Å². The fraction of sp³-hybridized carbons (Fsp3) is 0.364. The Morgan fingerprint density at radius 1 is 0.920 bits per heavy atom. The van der Waals surface area contributed by atoms with Gasteiger partial charge in [0.15, 0.2) is 0 Å². The smallest absolute Gasteiger partial charge is 0.249 e. The van der Waals surface area contributed by atoms with Gasteiger partial charge in [-0.15, -0.1) is 0 Å². The summed E-state index contributed by atoms with van der Waals surface area (Å²) in [5.41, 5.74) is 5.32.